The standard InChI is InChI=1S/C18H28FN3O2/c1-20(2)11-12-21(3)14-18(24)9-6-10-22(17(18)23)13-15-7-4-5-8-16(15)19/h4-5,7-8,24H,6,9-14H2,1-3H3. The van der Waals surface area contributed by atoms with Crippen LogP contribution in [0.1, 0.15) is 18.4 Å². The quantitative estimate of drug-likeness (QED) is 0.811. The van der Waals surface area contributed by atoms with Crippen molar-refractivity contribution in [1.82, 2.24) is 14.7 Å². The number of likely N-dealkylation sites (tertiary alicyclic amines) is 1. The van der Waals surface area contributed by atoms with Crippen LogP contribution in [0.5, 0.6) is 0 Å². The second-order valence-electron chi connectivity index (χ2n) is 6.99. The number of carbonyl (C=O) groups excluding carboxylic acids is 1. The number of amides is 1. The molecule has 2 rings (SSSR count). The molecule has 24 heavy (non-hydrogen) atoms. The molecule has 1 unspecified atom stereocenters. The summed E-state index contributed by atoms with van der Waals surface area (Å²) in [4.78, 5) is 18.4. The summed E-state index contributed by atoms with van der Waals surface area (Å²) in [5.41, 5.74) is -0.902. The van der Waals surface area contributed by atoms with Crippen molar-refractivity contribution in [3.05, 3.63) is 35.6 Å². The van der Waals surface area contributed by atoms with E-state index >= 15 is 0 Å². The molecule has 1 N–H and O–H groups in total. The average Bonchev–Trinajstić information content (AvgIpc) is 2.52. The van der Waals surface area contributed by atoms with E-state index in [2.05, 4.69) is 4.90 Å². The predicted octanol–water partition coefficient (Wildman–Crippen LogP) is 1.17. The van der Waals surface area contributed by atoms with E-state index in [-0.39, 0.29) is 18.3 Å². The lowest BCUT2D eigenvalue weighted by Gasteiger charge is -2.40. The summed E-state index contributed by atoms with van der Waals surface area (Å²) in [7, 11) is 5.89. The summed E-state index contributed by atoms with van der Waals surface area (Å²) in [6.07, 6.45) is 1.17. The van der Waals surface area contributed by atoms with Crippen LogP contribution < -0.4 is 0 Å². The van der Waals surface area contributed by atoms with Crippen molar-refractivity contribution in [1.29, 1.82) is 0 Å². The zero-order valence-corrected chi connectivity index (χ0v) is 14.8. The molecule has 134 valence electrons. The Hall–Kier alpha value is -1.50. The van der Waals surface area contributed by atoms with Gasteiger partial charge >= 0.3 is 0 Å². The molecule has 5 nitrogen and oxygen atoms in total. The van der Waals surface area contributed by atoms with Gasteiger partial charge in [-0.15, -0.1) is 0 Å². The Morgan fingerprint density at radius 3 is 2.62 bits per heavy atom. The first-order valence-electron chi connectivity index (χ1n) is 8.40. The fourth-order valence-electron chi connectivity index (χ4n) is 3.09. The monoisotopic (exact) mass is 337 g/mol. The highest BCUT2D eigenvalue weighted by molar-refractivity contribution is 5.86. The Labute approximate surface area is 143 Å². The molecule has 1 aromatic carbocycles. The maximum Gasteiger partial charge on any atom is 0.256 e. The summed E-state index contributed by atoms with van der Waals surface area (Å²) < 4.78 is 13.8. The molecule has 0 aliphatic carbocycles. The maximum absolute atomic E-state index is 13.8. The fourth-order valence-corrected chi connectivity index (χ4v) is 3.09. The van der Waals surface area contributed by atoms with Gasteiger partial charge in [-0.1, -0.05) is 18.2 Å². The summed E-state index contributed by atoms with van der Waals surface area (Å²) in [5, 5.41) is 10.9. The molecule has 0 radical (unpaired) electrons. The van der Waals surface area contributed by atoms with E-state index in [4.69, 9.17) is 0 Å². The lowest BCUT2D eigenvalue weighted by molar-refractivity contribution is -0.159. The summed E-state index contributed by atoms with van der Waals surface area (Å²) >= 11 is 0. The van der Waals surface area contributed by atoms with E-state index in [9.17, 15) is 14.3 Å². The number of aliphatic hydroxyl groups is 1. The fraction of sp³-hybridized carbons (Fsp3) is 0.611. The van der Waals surface area contributed by atoms with Crippen LogP contribution in [-0.4, -0.2) is 78.6 Å². The Morgan fingerprint density at radius 1 is 1.25 bits per heavy atom. The van der Waals surface area contributed by atoms with E-state index in [1.165, 1.54) is 6.07 Å². The lowest BCUT2D eigenvalue weighted by atomic mass is 9.90. The van der Waals surface area contributed by atoms with Crippen LogP contribution in [0.3, 0.4) is 0 Å². The summed E-state index contributed by atoms with van der Waals surface area (Å²) in [6, 6.07) is 6.46. The van der Waals surface area contributed by atoms with E-state index in [0.717, 1.165) is 19.5 Å². The highest BCUT2D eigenvalue weighted by Gasteiger charge is 2.42. The van der Waals surface area contributed by atoms with Crippen molar-refractivity contribution in [3.63, 3.8) is 0 Å². The van der Waals surface area contributed by atoms with Gasteiger partial charge in [-0.05, 0) is 40.1 Å². The molecule has 1 atom stereocenters. The van der Waals surface area contributed by atoms with Crippen molar-refractivity contribution in [2.45, 2.75) is 25.0 Å². The molecule has 0 aromatic heterocycles. The highest BCUT2D eigenvalue weighted by Crippen LogP contribution is 2.25. The predicted molar refractivity (Wildman–Crippen MR) is 92.1 cm³/mol. The maximum atomic E-state index is 13.8. The van der Waals surface area contributed by atoms with Gasteiger partial charge in [0.1, 0.15) is 5.82 Å². The number of rotatable bonds is 7. The van der Waals surface area contributed by atoms with E-state index in [0.29, 0.717) is 25.1 Å². The molecular formula is C18H28FN3O2. The van der Waals surface area contributed by atoms with Gasteiger partial charge in [0.25, 0.3) is 5.91 Å². The third-order valence-corrected chi connectivity index (χ3v) is 4.48. The largest absolute Gasteiger partial charge is 0.379 e. The number of piperidine rings is 1. The van der Waals surface area contributed by atoms with Crippen molar-refractivity contribution >= 4 is 5.91 Å². The van der Waals surface area contributed by atoms with Crippen LogP contribution in [0.15, 0.2) is 24.3 Å². The SMILES string of the molecule is CN(C)CCN(C)CC1(O)CCCN(Cc2ccccc2F)C1=O. The minimum Gasteiger partial charge on any atom is -0.379 e. The molecule has 6 heteroatoms. The van der Waals surface area contributed by atoms with Crippen molar-refractivity contribution < 1.29 is 14.3 Å². The zero-order chi connectivity index (χ0) is 17.7. The molecule has 0 spiro atoms. The summed E-state index contributed by atoms with van der Waals surface area (Å²) in [6.45, 7) is 2.69. The Bertz CT molecular complexity index is 567. The number of nitrogens with zero attached hydrogens (tertiary/aromatic N) is 3. The van der Waals surface area contributed by atoms with Gasteiger partial charge < -0.3 is 19.8 Å². The van der Waals surface area contributed by atoms with Crippen LogP contribution >= 0.6 is 0 Å². The second-order valence-corrected chi connectivity index (χ2v) is 6.99. The van der Waals surface area contributed by atoms with E-state index in [1.54, 1.807) is 23.1 Å². The molecule has 1 fully saturated rings. The molecule has 1 saturated heterocycles. The van der Waals surface area contributed by atoms with E-state index < -0.39 is 5.60 Å². The minimum atomic E-state index is -1.38. The number of likely N-dealkylation sites (N-methyl/N-ethyl adjacent to an activating group) is 2. The normalized spacial score (nSPS) is 21.8. The smallest absolute Gasteiger partial charge is 0.256 e. The number of benzene rings is 1. The lowest BCUT2D eigenvalue weighted by Crippen LogP contribution is -2.58. The van der Waals surface area contributed by atoms with Crippen LogP contribution in [0.2, 0.25) is 0 Å². The Morgan fingerprint density at radius 2 is 1.96 bits per heavy atom. The molecule has 1 aliphatic rings. The first-order valence-corrected chi connectivity index (χ1v) is 8.40. The number of carbonyl (C=O) groups is 1. The van der Waals surface area contributed by atoms with Gasteiger partial charge in [0.2, 0.25) is 0 Å². The van der Waals surface area contributed by atoms with Crippen LogP contribution in [0.4, 0.5) is 4.39 Å². The van der Waals surface area contributed by atoms with E-state index in [1.807, 2.05) is 26.0 Å². The first kappa shape index (κ1) is 18.8. The molecule has 1 aromatic rings. The Kier molecular flexibility index (Phi) is 6.32. The molecule has 0 bridgehead atoms. The van der Waals surface area contributed by atoms with Gasteiger partial charge in [0, 0.05) is 38.3 Å². The molecular weight excluding hydrogens is 309 g/mol. The molecule has 1 aliphatic heterocycles. The van der Waals surface area contributed by atoms with Crippen LogP contribution in [0.25, 0.3) is 0 Å². The zero-order valence-electron chi connectivity index (χ0n) is 14.8. The van der Waals surface area contributed by atoms with Gasteiger partial charge in [0.05, 0.1) is 0 Å². The third-order valence-electron chi connectivity index (χ3n) is 4.48. The molecule has 1 heterocycles. The molecule has 1 amide bonds. The molecule has 0 saturated carbocycles. The summed E-state index contributed by atoms with van der Waals surface area (Å²) in [5.74, 6) is -0.615. The number of hydrogen-bond donors (Lipinski definition) is 1. The van der Waals surface area contributed by atoms with Crippen molar-refractivity contribution in [2.75, 3.05) is 47.3 Å². The van der Waals surface area contributed by atoms with Gasteiger partial charge in [0.15, 0.2) is 5.60 Å². The number of hydrogen-bond acceptors (Lipinski definition) is 4. The highest BCUT2D eigenvalue weighted by atomic mass is 19.1. The number of halogens is 1. The van der Waals surface area contributed by atoms with Crippen molar-refractivity contribution in [3.8, 4) is 0 Å². The van der Waals surface area contributed by atoms with Crippen LogP contribution in [-0.2, 0) is 11.3 Å². The topological polar surface area (TPSA) is 47.0 Å². The minimum absolute atomic E-state index is 0.204. The van der Waals surface area contributed by atoms with Gasteiger partial charge in [-0.25, -0.2) is 4.39 Å². The van der Waals surface area contributed by atoms with Gasteiger partial charge in [-0.2, -0.15) is 0 Å². The van der Waals surface area contributed by atoms with Gasteiger partial charge in [-0.3, -0.25) is 4.79 Å². The Balaban J connectivity index is 2.01. The average molecular weight is 337 g/mol. The van der Waals surface area contributed by atoms with Crippen molar-refractivity contribution in [2.24, 2.45) is 0 Å². The first-order chi connectivity index (χ1) is 11.3. The second kappa shape index (κ2) is 8.05. The van der Waals surface area contributed by atoms with Crippen LogP contribution in [0, 0.1) is 5.82 Å². The third kappa shape index (κ3) is 4.75.